The van der Waals surface area contributed by atoms with Crippen molar-refractivity contribution in [2.45, 2.75) is 77.7 Å². The molecule has 12 heteroatoms. The molecule has 2 aliphatic rings. The normalized spacial score (nSPS) is 17.8. The number of nitrogens with two attached hydrogens (primary N) is 2. The molecular weight excluding hydrogens is 600 g/mol. The average molecular weight is 649 g/mol. The molecule has 1 unspecified atom stereocenters. The highest BCUT2D eigenvalue weighted by Crippen LogP contribution is 2.44. The molecular formula is C34H48N8O3S. The van der Waals surface area contributed by atoms with Gasteiger partial charge in [0, 0.05) is 41.7 Å². The Kier molecular flexibility index (Phi) is 15.4. The third kappa shape index (κ3) is 9.16. The number of nitriles is 1. The molecule has 3 heterocycles. The minimum atomic E-state index is -0.510. The highest BCUT2D eigenvalue weighted by Gasteiger charge is 2.34. The number of ketones is 1. The van der Waals surface area contributed by atoms with E-state index in [1.54, 1.807) is 19.3 Å². The van der Waals surface area contributed by atoms with Crippen LogP contribution in [0.4, 0.5) is 5.00 Å². The van der Waals surface area contributed by atoms with Crippen LogP contribution in [0.5, 0.6) is 5.88 Å². The van der Waals surface area contributed by atoms with Crippen molar-refractivity contribution in [3.8, 4) is 24.8 Å². The molecule has 2 atom stereocenters. The van der Waals surface area contributed by atoms with Gasteiger partial charge in [-0.1, -0.05) is 27.2 Å². The number of likely N-dealkylation sites (tertiary alicyclic amines) is 1. The molecule has 11 nitrogen and oxygen atoms in total. The zero-order valence-corrected chi connectivity index (χ0v) is 28.5. The first-order valence-corrected chi connectivity index (χ1v) is 16.5. The van der Waals surface area contributed by atoms with Crippen molar-refractivity contribution >= 4 is 33.5 Å². The van der Waals surface area contributed by atoms with Gasteiger partial charge in [0.1, 0.15) is 24.4 Å². The number of aromatic nitrogens is 2. The molecule has 1 aliphatic heterocycles. The van der Waals surface area contributed by atoms with Crippen molar-refractivity contribution in [1.29, 1.82) is 10.7 Å². The van der Waals surface area contributed by atoms with Gasteiger partial charge in [-0.25, -0.2) is 4.98 Å². The summed E-state index contributed by atoms with van der Waals surface area (Å²) >= 11 is 1.39. The summed E-state index contributed by atoms with van der Waals surface area (Å²) in [6.07, 6.45) is 16.5. The number of thiophene rings is 1. The fourth-order valence-electron chi connectivity index (χ4n) is 5.50. The number of likely N-dealkylation sites (N-methyl/N-ethyl adjacent to an activating group) is 1. The smallest absolute Gasteiger partial charge is 0.217 e. The second kappa shape index (κ2) is 18.7. The number of nitrogens with one attached hydrogen (secondary N) is 1. The lowest BCUT2D eigenvalue weighted by atomic mass is 9.79. The molecule has 1 aliphatic carbocycles. The molecule has 1 saturated heterocycles. The van der Waals surface area contributed by atoms with Crippen molar-refractivity contribution in [2.75, 3.05) is 39.7 Å². The molecule has 0 saturated carbocycles. The molecule has 0 spiro atoms. The van der Waals surface area contributed by atoms with Gasteiger partial charge in [0.2, 0.25) is 5.88 Å². The van der Waals surface area contributed by atoms with Crippen molar-refractivity contribution in [3.63, 3.8) is 0 Å². The Morgan fingerprint density at radius 3 is 2.65 bits per heavy atom. The Balaban J connectivity index is 0.00000177. The van der Waals surface area contributed by atoms with Crippen LogP contribution in [0.2, 0.25) is 0 Å². The monoisotopic (exact) mass is 648 g/mol. The first-order chi connectivity index (χ1) is 22.2. The summed E-state index contributed by atoms with van der Waals surface area (Å²) in [5.41, 5.74) is 14.9. The fourth-order valence-corrected chi connectivity index (χ4v) is 6.63. The zero-order valence-electron chi connectivity index (χ0n) is 27.7. The molecule has 1 fully saturated rings. The first-order valence-electron chi connectivity index (χ1n) is 15.7. The van der Waals surface area contributed by atoms with Crippen LogP contribution in [-0.4, -0.2) is 76.4 Å². The van der Waals surface area contributed by atoms with E-state index in [1.807, 2.05) is 20.8 Å². The average Bonchev–Trinajstić information content (AvgIpc) is 3.66. The lowest BCUT2D eigenvalue weighted by Crippen LogP contribution is -2.30. The van der Waals surface area contributed by atoms with Gasteiger partial charge in [-0.2, -0.15) is 10.2 Å². The first kappa shape index (κ1) is 38.0. The summed E-state index contributed by atoms with van der Waals surface area (Å²) < 4.78 is 6.11. The van der Waals surface area contributed by atoms with Gasteiger partial charge in [-0.3, -0.25) is 10.2 Å². The maximum Gasteiger partial charge on any atom is 0.217 e. The SMILES string of the molecule is C#C.CC.CCC/C(C(=O)C1CCCc2sc(N)c(C#N)c21)=C(/N)c1nc(OC[C@@H]2CCCN2C)cc(C(=N)/C=C\N(C)CO)n1. The number of carbonyl (C=O) groups is 1. The Morgan fingerprint density at radius 2 is 2.04 bits per heavy atom. The number of fused-ring (bicyclic) bond motifs is 1. The van der Waals surface area contributed by atoms with Gasteiger partial charge in [-0.15, -0.1) is 24.2 Å². The summed E-state index contributed by atoms with van der Waals surface area (Å²) in [7, 11) is 3.75. The Labute approximate surface area is 277 Å². The number of hydrogen-bond acceptors (Lipinski definition) is 12. The van der Waals surface area contributed by atoms with E-state index in [-0.39, 0.29) is 47.4 Å². The molecule has 0 radical (unpaired) electrons. The van der Waals surface area contributed by atoms with Crippen LogP contribution in [0.15, 0.2) is 23.9 Å². The number of aryl methyl sites for hydroxylation is 1. The predicted molar refractivity (Wildman–Crippen MR) is 185 cm³/mol. The van der Waals surface area contributed by atoms with E-state index in [1.165, 1.54) is 22.3 Å². The molecule has 6 N–H and O–H groups in total. The van der Waals surface area contributed by atoms with Gasteiger partial charge < -0.3 is 31.1 Å². The second-order valence-electron chi connectivity index (χ2n) is 10.9. The quantitative estimate of drug-likeness (QED) is 0.109. The van der Waals surface area contributed by atoms with Gasteiger partial charge in [-0.05, 0) is 63.8 Å². The minimum absolute atomic E-state index is 0.0716. The number of nitrogens with zero attached hydrogens (tertiary/aromatic N) is 5. The van der Waals surface area contributed by atoms with Gasteiger partial charge in [0.15, 0.2) is 11.6 Å². The van der Waals surface area contributed by atoms with Crippen LogP contribution in [0.1, 0.15) is 92.7 Å². The number of rotatable bonds is 12. The molecule has 0 amide bonds. The topological polar surface area (TPSA) is 178 Å². The third-order valence-electron chi connectivity index (χ3n) is 7.88. The minimum Gasteiger partial charge on any atom is -0.476 e. The van der Waals surface area contributed by atoms with Gasteiger partial charge >= 0.3 is 0 Å². The van der Waals surface area contributed by atoms with Crippen LogP contribution < -0.4 is 16.2 Å². The standard InChI is InChI=1S/C30H40N8O3S.C2H6.C2H2/c1-4-7-20(28(40)19-9-5-10-24-26(19)21(15-31)29(34)42-24)27(33)30-35-23(22(32)11-13-37(2)17-39)14-25(36-30)41-16-18-8-6-12-38(18)3;2*1-2/h11,13-14,18-19,32,39H,4-10,12,16-17,33-34H2,1-3H3;1-2H3;1-2H/b13-11-,27-20-,32-22?;;/t18-,19?;;/m0../s1. The molecule has 2 aromatic rings. The van der Waals surface area contributed by atoms with E-state index in [0.29, 0.717) is 42.0 Å². The summed E-state index contributed by atoms with van der Waals surface area (Å²) in [6, 6.07) is 4.05. The number of carbonyl (C=O) groups excluding carboxylic acids is 1. The summed E-state index contributed by atoms with van der Waals surface area (Å²) in [5, 5.41) is 28.2. The van der Waals surface area contributed by atoms with Gasteiger partial charge in [0.25, 0.3) is 0 Å². The highest BCUT2D eigenvalue weighted by atomic mass is 32.1. The number of Topliss-reactive ketones (excluding diaryl/α,β-unsaturated/α-hetero) is 1. The van der Waals surface area contributed by atoms with E-state index < -0.39 is 5.92 Å². The van der Waals surface area contributed by atoms with Crippen LogP contribution in [0.25, 0.3) is 5.70 Å². The van der Waals surface area contributed by atoms with Crippen LogP contribution in [-0.2, 0) is 11.2 Å². The van der Waals surface area contributed by atoms with Crippen molar-refractivity contribution in [1.82, 2.24) is 19.8 Å². The van der Waals surface area contributed by atoms with Crippen molar-refractivity contribution in [2.24, 2.45) is 5.73 Å². The van der Waals surface area contributed by atoms with Crippen LogP contribution in [0, 0.1) is 29.6 Å². The highest BCUT2D eigenvalue weighted by molar-refractivity contribution is 7.16. The lowest BCUT2D eigenvalue weighted by Gasteiger charge is -2.24. The number of anilines is 1. The number of hydrogen-bond donors (Lipinski definition) is 4. The third-order valence-corrected chi connectivity index (χ3v) is 8.97. The molecule has 4 rings (SSSR count). The molecule has 0 aromatic carbocycles. The molecule has 2 aromatic heterocycles. The van der Waals surface area contributed by atoms with E-state index in [4.69, 9.17) is 21.6 Å². The number of terminal acetylenes is 1. The maximum absolute atomic E-state index is 14.1. The van der Waals surface area contributed by atoms with E-state index in [2.05, 4.69) is 40.8 Å². The van der Waals surface area contributed by atoms with Gasteiger partial charge in [0.05, 0.1) is 22.7 Å². The van der Waals surface area contributed by atoms with Crippen LogP contribution in [0.3, 0.4) is 0 Å². The van der Waals surface area contributed by atoms with E-state index in [0.717, 1.165) is 42.7 Å². The van der Waals surface area contributed by atoms with E-state index >= 15 is 0 Å². The Hall–Kier alpha value is -4.23. The van der Waals surface area contributed by atoms with Crippen molar-refractivity contribution in [3.05, 3.63) is 51.4 Å². The van der Waals surface area contributed by atoms with Crippen molar-refractivity contribution < 1.29 is 14.6 Å². The maximum atomic E-state index is 14.1. The number of nitrogen functional groups attached to an aromatic ring is 1. The number of aliphatic hydroxyl groups excluding tert-OH is 1. The zero-order chi connectivity index (χ0) is 34.4. The second-order valence-corrected chi connectivity index (χ2v) is 12.0. The number of aliphatic hydroxyl groups is 1. The number of ether oxygens (including phenoxy) is 1. The van der Waals surface area contributed by atoms with Crippen LogP contribution >= 0.6 is 11.3 Å². The largest absolute Gasteiger partial charge is 0.476 e. The summed E-state index contributed by atoms with van der Waals surface area (Å²) in [5.74, 6) is -0.265. The molecule has 248 valence electrons. The summed E-state index contributed by atoms with van der Waals surface area (Å²) in [4.78, 5) is 28.1. The summed E-state index contributed by atoms with van der Waals surface area (Å²) in [6.45, 7) is 7.20. The fraction of sp³-hybridized carbons (Fsp3) is 0.500. The Bertz CT molecular complexity index is 1470. The molecule has 0 bridgehead atoms. The Morgan fingerprint density at radius 1 is 1.33 bits per heavy atom. The lowest BCUT2D eigenvalue weighted by molar-refractivity contribution is -0.117. The molecule has 46 heavy (non-hydrogen) atoms. The predicted octanol–water partition coefficient (Wildman–Crippen LogP) is 4.66. The van der Waals surface area contributed by atoms with E-state index in [9.17, 15) is 15.2 Å². The number of allylic oxidation sites excluding steroid dienone is 2.